The van der Waals surface area contributed by atoms with E-state index in [1.54, 1.807) is 0 Å². The molecule has 0 spiro atoms. The Labute approximate surface area is 131 Å². The van der Waals surface area contributed by atoms with Crippen molar-refractivity contribution in [2.45, 2.75) is 37.7 Å². The Hall–Kier alpha value is -1.67. The lowest BCUT2D eigenvalue weighted by molar-refractivity contribution is -0.141. The molecule has 2 aliphatic heterocycles. The molecule has 1 aromatic rings. The van der Waals surface area contributed by atoms with Gasteiger partial charge in [-0.1, -0.05) is 0 Å². The Morgan fingerprint density at radius 3 is 2.83 bits per heavy atom. The molecular formula is C15H18F3N3O2. The lowest BCUT2D eigenvalue weighted by Crippen LogP contribution is -2.45. The third-order valence-corrected chi connectivity index (χ3v) is 4.24. The van der Waals surface area contributed by atoms with E-state index >= 15 is 0 Å². The molecule has 0 bridgehead atoms. The average Bonchev–Trinajstić information content (AvgIpc) is 2.87. The summed E-state index contributed by atoms with van der Waals surface area (Å²) in [7, 11) is 0. The van der Waals surface area contributed by atoms with Crippen molar-refractivity contribution in [2.75, 3.05) is 19.7 Å². The number of hydrogen-bond donors (Lipinski definition) is 1. The number of alkyl halides is 3. The Morgan fingerprint density at radius 2 is 2.17 bits per heavy atom. The van der Waals surface area contributed by atoms with Gasteiger partial charge in [0.25, 0.3) is 5.91 Å². The molecule has 2 saturated heterocycles. The molecule has 0 aromatic carbocycles. The van der Waals surface area contributed by atoms with Crippen LogP contribution in [-0.2, 0) is 10.9 Å². The summed E-state index contributed by atoms with van der Waals surface area (Å²) in [4.78, 5) is 17.7. The van der Waals surface area contributed by atoms with Crippen molar-refractivity contribution >= 4 is 5.91 Å². The quantitative estimate of drug-likeness (QED) is 0.897. The summed E-state index contributed by atoms with van der Waals surface area (Å²) in [5.41, 5.74) is -0.870. The zero-order chi connectivity index (χ0) is 16.6. The van der Waals surface area contributed by atoms with Crippen molar-refractivity contribution in [3.05, 3.63) is 29.6 Å². The van der Waals surface area contributed by atoms with Crippen LogP contribution < -0.4 is 5.32 Å². The molecule has 3 rings (SSSR count). The lowest BCUT2D eigenvalue weighted by atomic mass is 10.1. The molecule has 2 fully saturated rings. The Morgan fingerprint density at radius 1 is 1.39 bits per heavy atom. The number of halogens is 3. The number of ether oxygens (including phenoxy) is 1. The molecule has 23 heavy (non-hydrogen) atoms. The first-order valence-corrected chi connectivity index (χ1v) is 7.52. The Balaban J connectivity index is 1.59. The summed E-state index contributed by atoms with van der Waals surface area (Å²) in [6, 6.07) is 2.24. The number of amides is 1. The molecule has 5 nitrogen and oxygen atoms in total. The van der Waals surface area contributed by atoms with E-state index in [1.807, 2.05) is 6.92 Å². The van der Waals surface area contributed by atoms with Gasteiger partial charge in [0.1, 0.15) is 5.69 Å². The maximum atomic E-state index is 12.5. The molecule has 1 N–H and O–H groups in total. The van der Waals surface area contributed by atoms with Crippen LogP contribution in [0.25, 0.3) is 0 Å². The van der Waals surface area contributed by atoms with Gasteiger partial charge in [-0.15, -0.1) is 0 Å². The smallest absolute Gasteiger partial charge is 0.376 e. The first-order chi connectivity index (χ1) is 10.8. The van der Waals surface area contributed by atoms with E-state index in [0.717, 1.165) is 37.8 Å². The zero-order valence-electron chi connectivity index (χ0n) is 12.6. The standard InChI is InChI=1S/C15H18F3N3O2/c1-9-6-21-7-11(4-12(21)8-23-9)20-14(22)10-2-3-13(19-5-10)15(16,17)18/h2-3,5,9,11-12H,4,6-8H2,1H3,(H,20,22)/t9-,11-,12-/m0/s1. The van der Waals surface area contributed by atoms with Gasteiger partial charge in [-0.25, -0.2) is 0 Å². The Kier molecular flexibility index (Phi) is 4.29. The van der Waals surface area contributed by atoms with Crippen LogP contribution in [0.4, 0.5) is 13.2 Å². The van der Waals surface area contributed by atoms with E-state index in [1.165, 1.54) is 0 Å². The van der Waals surface area contributed by atoms with E-state index in [2.05, 4.69) is 15.2 Å². The summed E-state index contributed by atoms with van der Waals surface area (Å²) >= 11 is 0. The second-order valence-electron chi connectivity index (χ2n) is 6.09. The minimum Gasteiger partial charge on any atom is -0.376 e. The number of fused-ring (bicyclic) bond motifs is 1. The van der Waals surface area contributed by atoms with Gasteiger partial charge in [0, 0.05) is 31.4 Å². The number of nitrogens with zero attached hydrogens (tertiary/aromatic N) is 2. The number of nitrogens with one attached hydrogen (secondary N) is 1. The van der Waals surface area contributed by atoms with Gasteiger partial charge in [-0.05, 0) is 25.5 Å². The molecule has 126 valence electrons. The molecule has 3 heterocycles. The topological polar surface area (TPSA) is 54.5 Å². The second kappa shape index (κ2) is 6.09. The van der Waals surface area contributed by atoms with Crippen molar-refractivity contribution < 1.29 is 22.7 Å². The summed E-state index contributed by atoms with van der Waals surface area (Å²) in [5, 5.41) is 2.87. The van der Waals surface area contributed by atoms with E-state index in [4.69, 9.17) is 4.74 Å². The monoisotopic (exact) mass is 329 g/mol. The highest BCUT2D eigenvalue weighted by Crippen LogP contribution is 2.27. The number of carbonyl (C=O) groups is 1. The SMILES string of the molecule is C[C@H]1CN2C[C@@H](NC(=O)c3ccc(C(F)(F)F)nc3)C[C@H]2CO1. The van der Waals surface area contributed by atoms with Gasteiger partial charge in [0.15, 0.2) is 0 Å². The van der Waals surface area contributed by atoms with Gasteiger partial charge in [-0.2, -0.15) is 13.2 Å². The van der Waals surface area contributed by atoms with E-state index in [-0.39, 0.29) is 17.7 Å². The van der Waals surface area contributed by atoms with Crippen LogP contribution in [0.15, 0.2) is 18.3 Å². The molecular weight excluding hydrogens is 311 g/mol. The highest BCUT2D eigenvalue weighted by molar-refractivity contribution is 5.94. The predicted molar refractivity (Wildman–Crippen MR) is 75.9 cm³/mol. The van der Waals surface area contributed by atoms with Gasteiger partial charge in [0.2, 0.25) is 0 Å². The summed E-state index contributed by atoms with van der Waals surface area (Å²) in [6.45, 7) is 4.22. The predicted octanol–water partition coefficient (Wildman–Crippen LogP) is 1.69. The van der Waals surface area contributed by atoms with E-state index < -0.39 is 17.8 Å². The van der Waals surface area contributed by atoms with Gasteiger partial charge in [-0.3, -0.25) is 14.7 Å². The highest BCUT2D eigenvalue weighted by atomic mass is 19.4. The maximum Gasteiger partial charge on any atom is 0.433 e. The van der Waals surface area contributed by atoms with Crippen molar-refractivity contribution in [1.29, 1.82) is 0 Å². The van der Waals surface area contributed by atoms with Crippen LogP contribution in [0, 0.1) is 0 Å². The Bertz CT molecular complexity index is 576. The molecule has 3 atom stereocenters. The number of carbonyl (C=O) groups excluding carboxylic acids is 1. The number of aromatic nitrogens is 1. The van der Waals surface area contributed by atoms with Crippen molar-refractivity contribution in [3.63, 3.8) is 0 Å². The van der Waals surface area contributed by atoms with Gasteiger partial charge in [0.05, 0.1) is 18.3 Å². The third-order valence-electron chi connectivity index (χ3n) is 4.24. The minimum atomic E-state index is -4.50. The molecule has 1 aromatic heterocycles. The molecule has 0 unspecified atom stereocenters. The fourth-order valence-corrected chi connectivity index (χ4v) is 3.11. The summed E-state index contributed by atoms with van der Waals surface area (Å²) in [6.07, 6.45) is -2.57. The molecule has 0 saturated carbocycles. The largest absolute Gasteiger partial charge is 0.433 e. The molecule has 2 aliphatic rings. The maximum absolute atomic E-state index is 12.5. The zero-order valence-corrected chi connectivity index (χ0v) is 12.6. The second-order valence-corrected chi connectivity index (χ2v) is 6.09. The fraction of sp³-hybridized carbons (Fsp3) is 0.600. The van der Waals surface area contributed by atoms with Crippen LogP contribution in [0.3, 0.4) is 0 Å². The molecule has 8 heteroatoms. The first-order valence-electron chi connectivity index (χ1n) is 7.52. The van der Waals surface area contributed by atoms with Crippen molar-refractivity contribution in [3.8, 4) is 0 Å². The van der Waals surface area contributed by atoms with Crippen LogP contribution in [0.1, 0.15) is 29.4 Å². The molecule has 0 aliphatic carbocycles. The fourth-order valence-electron chi connectivity index (χ4n) is 3.11. The minimum absolute atomic E-state index is 0.0244. The van der Waals surface area contributed by atoms with Crippen LogP contribution in [-0.4, -0.2) is 53.7 Å². The van der Waals surface area contributed by atoms with E-state index in [9.17, 15) is 18.0 Å². The van der Waals surface area contributed by atoms with Crippen molar-refractivity contribution in [1.82, 2.24) is 15.2 Å². The van der Waals surface area contributed by atoms with Crippen LogP contribution in [0.5, 0.6) is 0 Å². The molecule has 1 amide bonds. The van der Waals surface area contributed by atoms with Gasteiger partial charge < -0.3 is 10.1 Å². The number of pyridine rings is 1. The average molecular weight is 329 g/mol. The van der Waals surface area contributed by atoms with Crippen LogP contribution in [0.2, 0.25) is 0 Å². The molecule has 0 radical (unpaired) electrons. The van der Waals surface area contributed by atoms with Crippen molar-refractivity contribution in [2.24, 2.45) is 0 Å². The highest BCUT2D eigenvalue weighted by Gasteiger charge is 2.37. The first kappa shape index (κ1) is 16.2. The third kappa shape index (κ3) is 3.64. The normalized spacial score (nSPS) is 28.4. The summed E-state index contributed by atoms with van der Waals surface area (Å²) in [5.74, 6) is -0.398. The number of morpholine rings is 1. The summed E-state index contributed by atoms with van der Waals surface area (Å²) < 4.78 is 43.0. The lowest BCUT2D eigenvalue weighted by Gasteiger charge is -2.33. The van der Waals surface area contributed by atoms with E-state index in [0.29, 0.717) is 12.6 Å². The number of rotatable bonds is 2. The number of hydrogen-bond acceptors (Lipinski definition) is 4. The van der Waals surface area contributed by atoms with Gasteiger partial charge >= 0.3 is 6.18 Å². The van der Waals surface area contributed by atoms with Crippen LogP contribution >= 0.6 is 0 Å².